The molecule has 16 heteroatoms. The summed E-state index contributed by atoms with van der Waals surface area (Å²) in [5.41, 5.74) is 4.15. The number of methoxy groups -OCH3 is 2. The molecular formula is C26H31F2N5O8S. The number of carbonyl (C=O) groups excluding carboxylic acids is 1. The van der Waals surface area contributed by atoms with E-state index in [1.807, 2.05) is 0 Å². The summed E-state index contributed by atoms with van der Waals surface area (Å²) >= 11 is 0. The third-order valence-corrected chi connectivity index (χ3v) is 8.00. The van der Waals surface area contributed by atoms with Crippen LogP contribution in [0.3, 0.4) is 0 Å². The molecule has 0 aliphatic rings. The van der Waals surface area contributed by atoms with Gasteiger partial charge in [0.1, 0.15) is 22.0 Å². The van der Waals surface area contributed by atoms with Gasteiger partial charge in [-0.2, -0.15) is 5.10 Å². The number of nitro benzene ring substituents is 1. The SMILES string of the molecule is COc1ccc(CNS(=O)(=O)c2cc([N+](=O)[O-])ccc2-n2cc(CC(CC(F)F)C(C)(C)OC(N)=O)cn2)c(OC)c1. The molecule has 1 amide bonds. The minimum absolute atomic E-state index is 0.0187. The molecule has 1 atom stereocenters. The highest BCUT2D eigenvalue weighted by Crippen LogP contribution is 2.32. The Morgan fingerprint density at radius 3 is 2.50 bits per heavy atom. The smallest absolute Gasteiger partial charge is 0.405 e. The van der Waals surface area contributed by atoms with Crippen LogP contribution in [0.25, 0.3) is 5.69 Å². The molecule has 228 valence electrons. The lowest BCUT2D eigenvalue weighted by molar-refractivity contribution is -0.385. The molecular weight excluding hydrogens is 580 g/mol. The van der Waals surface area contributed by atoms with E-state index in [1.165, 1.54) is 51.2 Å². The number of nitrogens with one attached hydrogen (secondary N) is 1. The average molecular weight is 612 g/mol. The summed E-state index contributed by atoms with van der Waals surface area (Å²) in [5.74, 6) is -0.0206. The van der Waals surface area contributed by atoms with Crippen LogP contribution < -0.4 is 19.9 Å². The third-order valence-electron chi connectivity index (χ3n) is 6.57. The Morgan fingerprint density at radius 1 is 1.19 bits per heavy atom. The monoisotopic (exact) mass is 611 g/mol. The van der Waals surface area contributed by atoms with Crippen molar-refractivity contribution in [3.8, 4) is 17.2 Å². The Kier molecular flexibility index (Phi) is 10.1. The number of carbonyl (C=O) groups is 1. The highest BCUT2D eigenvalue weighted by atomic mass is 32.2. The summed E-state index contributed by atoms with van der Waals surface area (Å²) in [5, 5.41) is 15.6. The summed E-state index contributed by atoms with van der Waals surface area (Å²) in [6.07, 6.45) is -1.70. The Hall–Kier alpha value is -4.31. The van der Waals surface area contributed by atoms with Crippen molar-refractivity contribution in [1.29, 1.82) is 0 Å². The summed E-state index contributed by atoms with van der Waals surface area (Å²) in [4.78, 5) is 21.6. The minimum atomic E-state index is -4.37. The zero-order valence-corrected chi connectivity index (χ0v) is 24.1. The Balaban J connectivity index is 1.97. The van der Waals surface area contributed by atoms with E-state index in [-0.39, 0.29) is 18.7 Å². The summed E-state index contributed by atoms with van der Waals surface area (Å²) < 4.78 is 72.7. The average Bonchev–Trinajstić information content (AvgIpc) is 3.38. The topological polar surface area (TPSA) is 178 Å². The van der Waals surface area contributed by atoms with Gasteiger partial charge in [0.05, 0.1) is 31.0 Å². The molecule has 0 spiro atoms. The Labute approximate surface area is 240 Å². The maximum Gasteiger partial charge on any atom is 0.405 e. The number of alkyl halides is 2. The van der Waals surface area contributed by atoms with Crippen molar-refractivity contribution in [2.24, 2.45) is 11.7 Å². The molecule has 0 aliphatic carbocycles. The molecule has 0 radical (unpaired) electrons. The molecule has 3 rings (SSSR count). The second-order valence-electron chi connectivity index (χ2n) is 9.76. The van der Waals surface area contributed by atoms with Crippen LogP contribution >= 0.6 is 0 Å². The summed E-state index contributed by atoms with van der Waals surface area (Å²) in [7, 11) is -1.49. The largest absolute Gasteiger partial charge is 0.497 e. The molecule has 3 aromatic rings. The molecule has 13 nitrogen and oxygen atoms in total. The van der Waals surface area contributed by atoms with Crippen LogP contribution in [0.2, 0.25) is 0 Å². The van der Waals surface area contributed by atoms with Gasteiger partial charge in [-0.3, -0.25) is 10.1 Å². The molecule has 0 saturated heterocycles. The van der Waals surface area contributed by atoms with E-state index in [0.717, 1.165) is 12.1 Å². The lowest BCUT2D eigenvalue weighted by atomic mass is 9.83. The van der Waals surface area contributed by atoms with Crippen LogP contribution in [0, 0.1) is 16.0 Å². The molecule has 2 aromatic carbocycles. The predicted molar refractivity (Wildman–Crippen MR) is 146 cm³/mol. The van der Waals surface area contributed by atoms with Gasteiger partial charge in [-0.15, -0.1) is 0 Å². The fourth-order valence-corrected chi connectivity index (χ4v) is 5.54. The minimum Gasteiger partial charge on any atom is -0.497 e. The van der Waals surface area contributed by atoms with Gasteiger partial charge in [0.25, 0.3) is 5.69 Å². The first-order valence-corrected chi connectivity index (χ1v) is 13.9. The standard InChI is InChI=1S/C26H31F2N5O8S/c1-26(2,41-25(29)34)18(10-24(27)28)9-16-13-30-32(15-16)21-8-6-19(33(35)36)11-23(21)42(37,38)31-14-17-5-7-20(39-3)12-22(17)40-4/h5-8,11-13,15,18,24,31H,9-10,14H2,1-4H3,(H2,29,34). The van der Waals surface area contributed by atoms with Crippen LogP contribution in [0.15, 0.2) is 53.7 Å². The van der Waals surface area contributed by atoms with Gasteiger partial charge >= 0.3 is 6.09 Å². The third kappa shape index (κ3) is 7.91. The second kappa shape index (κ2) is 13.1. The molecule has 42 heavy (non-hydrogen) atoms. The zero-order valence-electron chi connectivity index (χ0n) is 23.2. The number of non-ortho nitro benzene ring substituents is 1. The van der Waals surface area contributed by atoms with E-state index in [4.69, 9.17) is 19.9 Å². The van der Waals surface area contributed by atoms with Crippen molar-refractivity contribution >= 4 is 21.8 Å². The van der Waals surface area contributed by atoms with E-state index < -0.39 is 56.0 Å². The first-order valence-electron chi connectivity index (χ1n) is 12.5. The van der Waals surface area contributed by atoms with Gasteiger partial charge < -0.3 is 19.9 Å². The molecule has 0 saturated carbocycles. The van der Waals surface area contributed by atoms with Gasteiger partial charge in [0.2, 0.25) is 16.4 Å². The summed E-state index contributed by atoms with van der Waals surface area (Å²) in [6, 6.07) is 8.03. The van der Waals surface area contributed by atoms with Crippen LogP contribution in [-0.2, 0) is 27.7 Å². The van der Waals surface area contributed by atoms with Gasteiger partial charge in [0.15, 0.2) is 0 Å². The van der Waals surface area contributed by atoms with Crippen molar-refractivity contribution in [3.05, 3.63) is 70.0 Å². The van der Waals surface area contributed by atoms with E-state index >= 15 is 0 Å². The van der Waals surface area contributed by atoms with Gasteiger partial charge in [-0.1, -0.05) is 6.07 Å². The van der Waals surface area contributed by atoms with Crippen LogP contribution in [0.1, 0.15) is 31.4 Å². The lowest BCUT2D eigenvalue weighted by Gasteiger charge is -2.33. The number of benzene rings is 2. The lowest BCUT2D eigenvalue weighted by Crippen LogP contribution is -2.40. The van der Waals surface area contributed by atoms with Crippen LogP contribution in [0.5, 0.6) is 11.5 Å². The second-order valence-corrected chi connectivity index (χ2v) is 11.5. The number of amides is 1. The van der Waals surface area contributed by atoms with Gasteiger partial charge in [-0.05, 0) is 38.0 Å². The molecule has 1 unspecified atom stereocenters. The molecule has 3 N–H and O–H groups in total. The first kappa shape index (κ1) is 32.2. The first-order chi connectivity index (χ1) is 19.7. The number of rotatable bonds is 14. The van der Waals surface area contributed by atoms with E-state index in [1.54, 1.807) is 18.2 Å². The van der Waals surface area contributed by atoms with E-state index in [9.17, 15) is 32.1 Å². The normalized spacial score (nSPS) is 12.6. The van der Waals surface area contributed by atoms with Crippen molar-refractivity contribution in [2.45, 2.75) is 50.2 Å². The molecule has 1 aromatic heterocycles. The number of aromatic nitrogens is 2. The molecule has 0 aliphatic heterocycles. The van der Waals surface area contributed by atoms with Gasteiger partial charge in [-0.25, -0.2) is 31.4 Å². The van der Waals surface area contributed by atoms with Crippen molar-refractivity contribution in [2.75, 3.05) is 14.2 Å². The summed E-state index contributed by atoms with van der Waals surface area (Å²) in [6.45, 7) is 2.70. The number of nitrogens with two attached hydrogens (primary N) is 1. The van der Waals surface area contributed by atoms with Gasteiger partial charge in [0, 0.05) is 48.8 Å². The number of halogens is 2. The number of nitro groups is 1. The fraction of sp³-hybridized carbons (Fsp3) is 0.385. The number of primary amides is 1. The predicted octanol–water partition coefficient (Wildman–Crippen LogP) is 3.96. The van der Waals surface area contributed by atoms with E-state index in [0.29, 0.717) is 22.6 Å². The van der Waals surface area contributed by atoms with Crippen LogP contribution in [0.4, 0.5) is 19.3 Å². The Bertz CT molecular complexity index is 1550. The van der Waals surface area contributed by atoms with Crippen LogP contribution in [-0.4, -0.2) is 55.5 Å². The van der Waals surface area contributed by atoms with Crippen molar-refractivity contribution in [1.82, 2.24) is 14.5 Å². The number of sulfonamides is 1. The van der Waals surface area contributed by atoms with Crippen molar-refractivity contribution in [3.63, 3.8) is 0 Å². The number of nitrogens with zero attached hydrogens (tertiary/aromatic N) is 3. The molecule has 1 heterocycles. The van der Waals surface area contributed by atoms with Crippen molar-refractivity contribution < 1.29 is 41.1 Å². The zero-order chi connectivity index (χ0) is 31.2. The maximum absolute atomic E-state index is 13.5. The molecule has 0 fully saturated rings. The quantitative estimate of drug-likeness (QED) is 0.202. The molecule has 0 bridgehead atoms. The number of hydrogen-bond donors (Lipinski definition) is 2. The number of hydrogen-bond acceptors (Lipinski definition) is 9. The van der Waals surface area contributed by atoms with E-state index in [2.05, 4.69) is 9.82 Å². The highest BCUT2D eigenvalue weighted by Gasteiger charge is 2.35. The highest BCUT2D eigenvalue weighted by molar-refractivity contribution is 7.89. The maximum atomic E-state index is 13.5. The number of ether oxygens (including phenoxy) is 3. The fourth-order valence-electron chi connectivity index (χ4n) is 4.32. The Morgan fingerprint density at radius 2 is 1.90 bits per heavy atom.